The lowest BCUT2D eigenvalue weighted by Crippen LogP contribution is -2.15. The molecule has 1 aromatic heterocycles. The van der Waals surface area contributed by atoms with Crippen LogP contribution in [-0.2, 0) is 13.1 Å². The Balaban J connectivity index is 1.93. The predicted molar refractivity (Wildman–Crippen MR) is 84.0 cm³/mol. The minimum Gasteiger partial charge on any atom is -0.396 e. The molecule has 0 amide bonds. The lowest BCUT2D eigenvalue weighted by Gasteiger charge is -2.07. The summed E-state index contributed by atoms with van der Waals surface area (Å²) in [6.07, 6.45) is 3.23. The van der Waals surface area contributed by atoms with E-state index in [-0.39, 0.29) is 6.61 Å². The van der Waals surface area contributed by atoms with Crippen molar-refractivity contribution >= 4 is 38.4 Å². The number of fused-ring (bicyclic) bond motifs is 1. The van der Waals surface area contributed by atoms with E-state index in [1.54, 1.807) is 0 Å². The summed E-state index contributed by atoms with van der Waals surface area (Å²) in [5.74, 6) is 0. The topological polar surface area (TPSA) is 50.1 Å². The number of halogens is 2. The number of aryl methyl sites for hydroxylation is 1. The van der Waals surface area contributed by atoms with Crippen LogP contribution in [0.2, 0.25) is 5.02 Å². The molecular weight excluding hydrogens is 342 g/mol. The first-order valence-corrected chi connectivity index (χ1v) is 8.05. The zero-order valence-electron chi connectivity index (χ0n) is 11.1. The summed E-state index contributed by atoms with van der Waals surface area (Å²) in [4.78, 5) is 0. The quantitative estimate of drug-likeness (QED) is 0.834. The lowest BCUT2D eigenvalue weighted by atomic mass is 10.1. The summed E-state index contributed by atoms with van der Waals surface area (Å²) in [5, 5.41) is 18.6. The van der Waals surface area contributed by atoms with Crippen LogP contribution in [0.5, 0.6) is 0 Å². The molecule has 2 N–H and O–H groups in total. The summed E-state index contributed by atoms with van der Waals surface area (Å²) in [6.45, 7) is 1.69. The number of benzene rings is 1. The number of rotatable bonds is 6. The van der Waals surface area contributed by atoms with Crippen molar-refractivity contribution in [3.8, 4) is 0 Å². The molecule has 4 nitrogen and oxygen atoms in total. The molecule has 1 aliphatic carbocycles. The summed E-state index contributed by atoms with van der Waals surface area (Å²) in [6, 6.07) is 4.81. The Morgan fingerprint density at radius 1 is 1.45 bits per heavy atom. The van der Waals surface area contributed by atoms with Crippen molar-refractivity contribution in [1.82, 2.24) is 15.1 Å². The average Bonchev–Trinajstić information content (AvgIpc) is 3.19. The van der Waals surface area contributed by atoms with Gasteiger partial charge >= 0.3 is 0 Å². The number of aliphatic hydroxyl groups is 1. The van der Waals surface area contributed by atoms with Crippen LogP contribution in [0.25, 0.3) is 10.9 Å². The average molecular weight is 359 g/mol. The van der Waals surface area contributed by atoms with Crippen molar-refractivity contribution < 1.29 is 5.11 Å². The maximum atomic E-state index is 8.98. The van der Waals surface area contributed by atoms with Gasteiger partial charge in [0.1, 0.15) is 4.60 Å². The van der Waals surface area contributed by atoms with Crippen molar-refractivity contribution in [3.63, 3.8) is 0 Å². The predicted octanol–water partition coefficient (Wildman–Crippen LogP) is 3.09. The molecule has 0 spiro atoms. The molecule has 0 atom stereocenters. The van der Waals surface area contributed by atoms with Gasteiger partial charge in [0.2, 0.25) is 0 Å². The van der Waals surface area contributed by atoms with E-state index in [1.807, 2.05) is 10.7 Å². The zero-order valence-corrected chi connectivity index (χ0v) is 13.4. The normalized spacial score (nSPS) is 15.2. The highest BCUT2D eigenvalue weighted by Crippen LogP contribution is 2.32. The van der Waals surface area contributed by atoms with Crippen LogP contribution >= 0.6 is 27.5 Å². The van der Waals surface area contributed by atoms with Gasteiger partial charge in [-0.05, 0) is 52.9 Å². The Bertz CT molecular complexity index is 624. The smallest absolute Gasteiger partial charge is 0.137 e. The number of aromatic nitrogens is 2. The molecule has 0 saturated heterocycles. The molecule has 0 bridgehead atoms. The van der Waals surface area contributed by atoms with Gasteiger partial charge in [-0.25, -0.2) is 0 Å². The Morgan fingerprint density at radius 3 is 2.95 bits per heavy atom. The number of aliphatic hydroxyl groups excluding tert-OH is 1. The summed E-state index contributed by atoms with van der Waals surface area (Å²) < 4.78 is 2.67. The van der Waals surface area contributed by atoms with Crippen LogP contribution in [0.3, 0.4) is 0 Å². The highest BCUT2D eigenvalue weighted by molar-refractivity contribution is 9.10. The minimum absolute atomic E-state index is 0.162. The molecule has 6 heteroatoms. The van der Waals surface area contributed by atoms with Crippen molar-refractivity contribution in [3.05, 3.63) is 27.3 Å². The van der Waals surface area contributed by atoms with Crippen LogP contribution in [-0.4, -0.2) is 27.5 Å². The Morgan fingerprint density at radius 2 is 2.25 bits per heavy atom. The van der Waals surface area contributed by atoms with Gasteiger partial charge in [0, 0.05) is 25.7 Å². The number of nitrogens with one attached hydrogen (secondary N) is 1. The number of nitrogens with zero attached hydrogens (tertiary/aromatic N) is 2. The fourth-order valence-corrected chi connectivity index (χ4v) is 3.36. The SMILES string of the molecule is OCCCn1nc(Br)c2c(Cl)cc(CNC3CC3)cc21. The summed E-state index contributed by atoms with van der Waals surface area (Å²) in [7, 11) is 0. The molecule has 20 heavy (non-hydrogen) atoms. The molecule has 0 aliphatic heterocycles. The van der Waals surface area contributed by atoms with Crippen LogP contribution in [0, 0.1) is 0 Å². The second-order valence-electron chi connectivity index (χ2n) is 5.22. The molecule has 1 aromatic carbocycles. The van der Waals surface area contributed by atoms with Crippen molar-refractivity contribution in [2.75, 3.05) is 6.61 Å². The van der Waals surface area contributed by atoms with E-state index in [2.05, 4.69) is 32.4 Å². The maximum Gasteiger partial charge on any atom is 0.137 e. The third-order valence-corrected chi connectivity index (χ3v) is 4.38. The maximum absolute atomic E-state index is 8.98. The molecule has 1 fully saturated rings. The molecule has 0 unspecified atom stereocenters. The standard InChI is InChI=1S/C14H17BrClN3O/c15-14-13-11(16)6-9(8-17-10-2-3-10)7-12(13)19(18-14)4-1-5-20/h6-7,10,17,20H,1-5,8H2. The summed E-state index contributed by atoms with van der Waals surface area (Å²) >= 11 is 9.85. The van der Waals surface area contributed by atoms with Crippen LogP contribution in [0.4, 0.5) is 0 Å². The fraction of sp³-hybridized carbons (Fsp3) is 0.500. The Labute approximate surface area is 131 Å². The van der Waals surface area contributed by atoms with Crippen LogP contribution in [0.1, 0.15) is 24.8 Å². The van der Waals surface area contributed by atoms with Gasteiger partial charge in [0.05, 0.1) is 15.9 Å². The summed E-state index contributed by atoms with van der Waals surface area (Å²) in [5.41, 5.74) is 2.19. The van der Waals surface area contributed by atoms with E-state index in [0.717, 1.165) is 27.1 Å². The van der Waals surface area contributed by atoms with Gasteiger partial charge in [0.15, 0.2) is 0 Å². The van der Waals surface area contributed by atoms with Crippen molar-refractivity contribution in [2.45, 2.75) is 38.4 Å². The zero-order chi connectivity index (χ0) is 14.1. The van der Waals surface area contributed by atoms with Crippen LogP contribution < -0.4 is 5.32 Å². The fourth-order valence-electron chi connectivity index (χ4n) is 2.31. The highest BCUT2D eigenvalue weighted by Gasteiger charge is 2.20. The van der Waals surface area contributed by atoms with Crippen LogP contribution in [0.15, 0.2) is 16.7 Å². The number of hydrogen-bond donors (Lipinski definition) is 2. The molecule has 2 aromatic rings. The van der Waals surface area contributed by atoms with E-state index < -0.39 is 0 Å². The lowest BCUT2D eigenvalue weighted by molar-refractivity contribution is 0.278. The third-order valence-electron chi connectivity index (χ3n) is 3.52. The van der Waals surface area contributed by atoms with E-state index >= 15 is 0 Å². The van der Waals surface area contributed by atoms with Crippen molar-refractivity contribution in [1.29, 1.82) is 0 Å². The van der Waals surface area contributed by atoms with E-state index in [9.17, 15) is 0 Å². The minimum atomic E-state index is 0.162. The molecule has 108 valence electrons. The molecule has 3 rings (SSSR count). The van der Waals surface area contributed by atoms with E-state index in [4.69, 9.17) is 16.7 Å². The molecule has 1 aliphatic rings. The monoisotopic (exact) mass is 357 g/mol. The van der Waals surface area contributed by atoms with Gasteiger partial charge in [-0.1, -0.05) is 11.6 Å². The van der Waals surface area contributed by atoms with Gasteiger partial charge in [-0.15, -0.1) is 0 Å². The first kappa shape index (κ1) is 14.3. The van der Waals surface area contributed by atoms with E-state index in [0.29, 0.717) is 19.0 Å². The molecule has 1 saturated carbocycles. The Kier molecular flexibility index (Phi) is 4.31. The van der Waals surface area contributed by atoms with Gasteiger partial charge in [0.25, 0.3) is 0 Å². The van der Waals surface area contributed by atoms with Crippen molar-refractivity contribution in [2.24, 2.45) is 0 Å². The third kappa shape index (κ3) is 3.01. The van der Waals surface area contributed by atoms with Gasteiger partial charge in [-0.2, -0.15) is 5.10 Å². The second-order valence-corrected chi connectivity index (χ2v) is 6.38. The first-order chi connectivity index (χ1) is 9.69. The molecule has 0 radical (unpaired) electrons. The van der Waals surface area contributed by atoms with Gasteiger partial charge in [-0.3, -0.25) is 4.68 Å². The first-order valence-electron chi connectivity index (χ1n) is 6.87. The van der Waals surface area contributed by atoms with Gasteiger partial charge < -0.3 is 10.4 Å². The second kappa shape index (κ2) is 6.02. The highest BCUT2D eigenvalue weighted by atomic mass is 79.9. The Hall–Kier alpha value is -0.620. The molecular formula is C14H17BrClN3O. The molecule has 1 heterocycles. The number of hydrogen-bond acceptors (Lipinski definition) is 3. The largest absolute Gasteiger partial charge is 0.396 e. The van der Waals surface area contributed by atoms with E-state index in [1.165, 1.54) is 18.4 Å².